The Morgan fingerprint density at radius 3 is 2.63 bits per heavy atom. The Bertz CT molecular complexity index is 1610. The number of halogens is 3. The van der Waals surface area contributed by atoms with E-state index < -0.39 is 17.6 Å². The molecule has 1 amide bonds. The summed E-state index contributed by atoms with van der Waals surface area (Å²) in [5.74, 6) is 5.71. The van der Waals surface area contributed by atoms with E-state index in [1.807, 2.05) is 31.2 Å². The number of pyridine rings is 1. The van der Waals surface area contributed by atoms with Gasteiger partial charge in [0.05, 0.1) is 30.8 Å². The van der Waals surface area contributed by atoms with E-state index in [0.29, 0.717) is 18.7 Å². The monoisotopic (exact) mass is 513 g/mol. The van der Waals surface area contributed by atoms with Crippen molar-refractivity contribution in [3.05, 3.63) is 106 Å². The zero-order valence-corrected chi connectivity index (χ0v) is 20.4. The fourth-order valence-electron chi connectivity index (χ4n) is 4.15. The maximum Gasteiger partial charge on any atom is 0.416 e. The predicted octanol–water partition coefficient (Wildman–Crippen LogP) is 6.40. The first kappa shape index (κ1) is 25.0. The number of carbonyl (C=O) groups excluding carboxylic acids is 1. The molecule has 3 aromatic carbocycles. The number of anilines is 1. The quantitative estimate of drug-likeness (QED) is 0.321. The molecule has 0 saturated carbocycles. The molecular formula is C29H22F3N5O. The normalized spacial score (nSPS) is 12.9. The lowest BCUT2D eigenvalue weighted by Crippen LogP contribution is -2.19. The highest BCUT2D eigenvalue weighted by molar-refractivity contribution is 6.04. The molecule has 0 saturated heterocycles. The highest BCUT2D eigenvalue weighted by Gasteiger charge is 2.34. The van der Waals surface area contributed by atoms with Crippen molar-refractivity contribution in [1.82, 2.24) is 9.99 Å². The van der Waals surface area contributed by atoms with Crippen LogP contribution in [0.25, 0.3) is 10.8 Å². The Hall–Kier alpha value is -4.71. The summed E-state index contributed by atoms with van der Waals surface area (Å²) >= 11 is 0. The van der Waals surface area contributed by atoms with E-state index in [2.05, 4.69) is 32.5 Å². The van der Waals surface area contributed by atoms with E-state index in [9.17, 15) is 18.0 Å². The summed E-state index contributed by atoms with van der Waals surface area (Å²) in [5, 5.41) is 13.6. The number of aromatic nitrogens is 1. The first-order chi connectivity index (χ1) is 18.3. The smallest absolute Gasteiger partial charge is 0.322 e. The van der Waals surface area contributed by atoms with Crippen molar-refractivity contribution in [1.29, 1.82) is 0 Å². The summed E-state index contributed by atoms with van der Waals surface area (Å²) < 4.78 is 41.3. The maximum absolute atomic E-state index is 13.8. The molecule has 1 aromatic heterocycles. The number of nitrogens with one attached hydrogen (secondary N) is 1. The first-order valence-electron chi connectivity index (χ1n) is 11.9. The average molecular weight is 514 g/mol. The van der Waals surface area contributed by atoms with Crippen LogP contribution in [-0.2, 0) is 12.7 Å². The van der Waals surface area contributed by atoms with Crippen LogP contribution in [0.15, 0.2) is 83.4 Å². The molecule has 4 aromatic rings. The second-order valence-electron chi connectivity index (χ2n) is 8.85. The molecule has 38 heavy (non-hydrogen) atoms. The highest BCUT2D eigenvalue weighted by atomic mass is 19.4. The fraction of sp³-hybridized carbons (Fsp3) is 0.172. The minimum Gasteiger partial charge on any atom is -0.322 e. The van der Waals surface area contributed by atoms with Crippen LogP contribution >= 0.6 is 0 Å². The van der Waals surface area contributed by atoms with Crippen molar-refractivity contribution in [2.45, 2.75) is 19.6 Å². The average Bonchev–Trinajstić information content (AvgIpc) is 3.41. The van der Waals surface area contributed by atoms with Gasteiger partial charge >= 0.3 is 6.18 Å². The van der Waals surface area contributed by atoms with E-state index in [0.717, 1.165) is 28.0 Å². The number of aryl methyl sites for hydroxylation is 1. The molecule has 0 unspecified atom stereocenters. The van der Waals surface area contributed by atoms with Crippen LogP contribution < -0.4 is 5.32 Å². The van der Waals surface area contributed by atoms with Gasteiger partial charge in [0.1, 0.15) is 0 Å². The molecule has 9 heteroatoms. The third kappa shape index (κ3) is 5.49. The summed E-state index contributed by atoms with van der Waals surface area (Å²) in [6.45, 7) is 2.78. The van der Waals surface area contributed by atoms with Crippen LogP contribution in [-0.4, -0.2) is 29.0 Å². The van der Waals surface area contributed by atoms with Crippen LogP contribution in [0, 0.1) is 18.8 Å². The largest absolute Gasteiger partial charge is 0.416 e. The Kier molecular flexibility index (Phi) is 6.79. The van der Waals surface area contributed by atoms with E-state index in [-0.39, 0.29) is 23.4 Å². The molecule has 0 bridgehead atoms. The number of hydrogen-bond acceptors (Lipinski definition) is 5. The molecule has 2 heterocycles. The van der Waals surface area contributed by atoms with Crippen molar-refractivity contribution in [3.8, 4) is 11.8 Å². The summed E-state index contributed by atoms with van der Waals surface area (Å²) in [6.07, 6.45) is -1.13. The van der Waals surface area contributed by atoms with Crippen LogP contribution in [0.5, 0.6) is 0 Å². The first-order valence-corrected chi connectivity index (χ1v) is 11.9. The Morgan fingerprint density at radius 2 is 1.84 bits per heavy atom. The maximum atomic E-state index is 13.8. The van der Waals surface area contributed by atoms with Gasteiger partial charge in [0.25, 0.3) is 5.91 Å². The Morgan fingerprint density at radius 1 is 1.03 bits per heavy atom. The van der Waals surface area contributed by atoms with Crippen LogP contribution in [0.1, 0.15) is 38.2 Å². The number of benzene rings is 3. The SMILES string of the molecule is Cc1ccc(C(=O)Nc2ccc(CN3CCN=N3)c(C(F)(F)F)c2)cc1C#Cc1cncc2ccccc12. The van der Waals surface area contributed by atoms with Crippen molar-refractivity contribution < 1.29 is 18.0 Å². The van der Waals surface area contributed by atoms with Gasteiger partial charge in [0.15, 0.2) is 0 Å². The molecule has 0 spiro atoms. The van der Waals surface area contributed by atoms with Gasteiger partial charge in [-0.3, -0.25) is 14.8 Å². The van der Waals surface area contributed by atoms with Crippen molar-refractivity contribution in [2.75, 3.05) is 18.4 Å². The molecule has 1 N–H and O–H groups in total. The van der Waals surface area contributed by atoms with Crippen LogP contribution in [0.3, 0.4) is 0 Å². The predicted molar refractivity (Wildman–Crippen MR) is 138 cm³/mol. The lowest BCUT2D eigenvalue weighted by molar-refractivity contribution is -0.138. The minimum absolute atomic E-state index is 0.0151. The molecule has 5 rings (SSSR count). The fourth-order valence-corrected chi connectivity index (χ4v) is 4.15. The number of rotatable bonds is 4. The molecule has 6 nitrogen and oxygen atoms in total. The zero-order valence-electron chi connectivity index (χ0n) is 20.4. The molecule has 0 aliphatic carbocycles. The topological polar surface area (TPSA) is 70.0 Å². The second kappa shape index (κ2) is 10.3. The van der Waals surface area contributed by atoms with Crippen molar-refractivity contribution in [3.63, 3.8) is 0 Å². The Balaban J connectivity index is 1.39. The van der Waals surface area contributed by atoms with E-state index in [1.54, 1.807) is 30.6 Å². The summed E-state index contributed by atoms with van der Waals surface area (Å²) in [4.78, 5) is 17.2. The third-order valence-corrected chi connectivity index (χ3v) is 6.17. The number of alkyl halides is 3. The zero-order chi connectivity index (χ0) is 26.7. The molecule has 0 radical (unpaired) electrons. The summed E-state index contributed by atoms with van der Waals surface area (Å²) in [6, 6.07) is 16.6. The van der Waals surface area contributed by atoms with E-state index in [1.165, 1.54) is 17.1 Å². The van der Waals surface area contributed by atoms with Gasteiger partial charge in [0, 0.05) is 40.0 Å². The van der Waals surface area contributed by atoms with Gasteiger partial charge in [-0.15, -0.1) is 0 Å². The van der Waals surface area contributed by atoms with Crippen molar-refractivity contribution in [2.24, 2.45) is 10.3 Å². The van der Waals surface area contributed by atoms with Gasteiger partial charge in [-0.25, -0.2) is 0 Å². The van der Waals surface area contributed by atoms with Crippen LogP contribution in [0.4, 0.5) is 18.9 Å². The standard InChI is InChI=1S/C29H22F3N5O/c1-19-6-7-21(14-20(19)8-9-23-17-33-16-22-4-2-3-5-26(22)23)28(38)35-25-11-10-24(18-37-13-12-34-36-37)27(15-25)29(30,31)32/h2-7,10-11,14-17H,12-13,18H2,1H3,(H,35,38). The minimum atomic E-state index is -4.59. The summed E-state index contributed by atoms with van der Waals surface area (Å²) in [7, 11) is 0. The van der Waals surface area contributed by atoms with Crippen LogP contribution in [0.2, 0.25) is 0 Å². The molecule has 1 aliphatic heterocycles. The molecule has 190 valence electrons. The van der Waals surface area contributed by atoms with E-state index >= 15 is 0 Å². The highest BCUT2D eigenvalue weighted by Crippen LogP contribution is 2.35. The molecule has 1 aliphatic rings. The van der Waals surface area contributed by atoms with Gasteiger partial charge in [-0.05, 0) is 42.3 Å². The lowest BCUT2D eigenvalue weighted by atomic mass is 10.0. The van der Waals surface area contributed by atoms with Crippen molar-refractivity contribution >= 4 is 22.4 Å². The number of fused-ring (bicyclic) bond motifs is 1. The van der Waals surface area contributed by atoms with Gasteiger partial charge < -0.3 is 5.32 Å². The van der Waals surface area contributed by atoms with Gasteiger partial charge in [-0.2, -0.15) is 18.3 Å². The number of amides is 1. The molecular weight excluding hydrogens is 491 g/mol. The molecule has 0 atom stereocenters. The van der Waals surface area contributed by atoms with Gasteiger partial charge in [-0.1, -0.05) is 53.5 Å². The number of carbonyl (C=O) groups is 1. The number of hydrogen-bond donors (Lipinski definition) is 1. The second-order valence-corrected chi connectivity index (χ2v) is 8.85. The molecule has 0 fully saturated rings. The van der Waals surface area contributed by atoms with E-state index in [4.69, 9.17) is 0 Å². The number of nitrogens with zero attached hydrogens (tertiary/aromatic N) is 4. The Labute approximate surface area is 217 Å². The van der Waals surface area contributed by atoms with Gasteiger partial charge in [0.2, 0.25) is 0 Å². The third-order valence-electron chi connectivity index (χ3n) is 6.17. The lowest BCUT2D eigenvalue weighted by Gasteiger charge is -2.18. The summed E-state index contributed by atoms with van der Waals surface area (Å²) in [5.41, 5.74) is 1.83.